The number of amides is 1. The summed E-state index contributed by atoms with van der Waals surface area (Å²) in [6.07, 6.45) is 0.410. The van der Waals surface area contributed by atoms with Crippen LogP contribution in [-0.2, 0) is 9.53 Å². The quantitative estimate of drug-likeness (QED) is 0.836. The first kappa shape index (κ1) is 17.8. The summed E-state index contributed by atoms with van der Waals surface area (Å²) in [5.74, 6) is -1.22. The maximum atomic E-state index is 12.8. The van der Waals surface area contributed by atoms with Gasteiger partial charge in [0.1, 0.15) is 6.61 Å². The minimum absolute atomic E-state index is 0.114. The van der Waals surface area contributed by atoms with Crippen molar-refractivity contribution in [3.63, 3.8) is 0 Å². The molecule has 3 rings (SSSR count). The molecule has 1 aliphatic rings. The summed E-state index contributed by atoms with van der Waals surface area (Å²) in [7, 11) is 0. The molecule has 0 bridgehead atoms. The van der Waals surface area contributed by atoms with Gasteiger partial charge in [0.25, 0.3) is 5.91 Å². The van der Waals surface area contributed by atoms with E-state index in [-0.39, 0.29) is 25.1 Å². The Morgan fingerprint density at radius 3 is 2.38 bits per heavy atom. The molecule has 0 saturated carbocycles. The molecule has 1 fully saturated rings. The molecule has 1 saturated heterocycles. The van der Waals surface area contributed by atoms with Crippen LogP contribution < -0.4 is 0 Å². The molecule has 1 atom stereocenters. The lowest BCUT2D eigenvalue weighted by atomic mass is 10.0. The van der Waals surface area contributed by atoms with E-state index >= 15 is 0 Å². The first-order valence-corrected chi connectivity index (χ1v) is 8.37. The molecule has 0 aliphatic carbocycles. The van der Waals surface area contributed by atoms with Crippen molar-refractivity contribution in [2.24, 2.45) is 0 Å². The number of benzene rings is 2. The van der Waals surface area contributed by atoms with Gasteiger partial charge in [-0.3, -0.25) is 4.79 Å². The number of rotatable bonds is 6. The number of carbonyl (C=O) groups excluding carboxylic acids is 1. The summed E-state index contributed by atoms with van der Waals surface area (Å²) in [6.45, 7) is -0.0411. The van der Waals surface area contributed by atoms with Gasteiger partial charge < -0.3 is 20.2 Å². The third kappa shape index (κ3) is 4.15. The van der Waals surface area contributed by atoms with Gasteiger partial charge in [-0.15, -0.1) is 0 Å². The lowest BCUT2D eigenvalue weighted by Crippen LogP contribution is -2.38. The Hall–Kier alpha value is -2.99. The van der Waals surface area contributed by atoms with Gasteiger partial charge in [0, 0.05) is 17.7 Å². The van der Waals surface area contributed by atoms with Crippen LogP contribution in [0.25, 0.3) is 11.1 Å². The number of carboxylic acids is 1. The van der Waals surface area contributed by atoms with E-state index in [0.717, 1.165) is 11.1 Å². The number of hydrogen-bond acceptors (Lipinski definition) is 4. The van der Waals surface area contributed by atoms with E-state index in [1.54, 1.807) is 17.0 Å². The summed E-state index contributed by atoms with van der Waals surface area (Å²) in [6, 6.07) is 17.0. The third-order valence-corrected chi connectivity index (χ3v) is 4.32. The summed E-state index contributed by atoms with van der Waals surface area (Å²) in [4.78, 5) is 25.0. The van der Waals surface area contributed by atoms with Gasteiger partial charge in [-0.1, -0.05) is 42.5 Å². The highest BCUT2D eigenvalue weighted by Gasteiger charge is 2.32. The van der Waals surface area contributed by atoms with Crippen molar-refractivity contribution in [1.29, 1.82) is 5.41 Å². The van der Waals surface area contributed by atoms with Crippen molar-refractivity contribution in [3.05, 3.63) is 60.2 Å². The van der Waals surface area contributed by atoms with Crippen molar-refractivity contribution < 1.29 is 19.4 Å². The van der Waals surface area contributed by atoms with Crippen molar-refractivity contribution in [1.82, 2.24) is 4.90 Å². The van der Waals surface area contributed by atoms with Crippen molar-refractivity contribution >= 4 is 17.6 Å². The number of ether oxygens (including phenoxy) is 1. The largest absolute Gasteiger partial charge is 0.480 e. The fraction of sp³-hybridized carbons (Fsp3) is 0.250. The van der Waals surface area contributed by atoms with Crippen LogP contribution in [0.15, 0.2) is 54.6 Å². The van der Waals surface area contributed by atoms with Crippen LogP contribution >= 0.6 is 0 Å². The molecule has 6 nitrogen and oxygen atoms in total. The van der Waals surface area contributed by atoms with Gasteiger partial charge >= 0.3 is 5.97 Å². The maximum absolute atomic E-state index is 12.8. The van der Waals surface area contributed by atoms with Gasteiger partial charge in [0.2, 0.25) is 0 Å². The number of carboxylic acid groups (broad SMARTS) is 1. The number of nitrogens with one attached hydrogen (secondary N) is 1. The maximum Gasteiger partial charge on any atom is 0.329 e. The lowest BCUT2D eigenvalue weighted by Gasteiger charge is -2.24. The number of carbonyl (C=O) groups is 2. The molecule has 2 aromatic carbocycles. The smallest absolute Gasteiger partial charge is 0.329 e. The standard InChI is InChI=1S/C20H20N2O4/c21-17-10-18(12-26-13-19(23)24)22(11-17)20(25)16-8-6-15(7-9-16)14-4-2-1-3-5-14/h1-9,18,21H,10-13H2,(H,23,24). The second-order valence-electron chi connectivity index (χ2n) is 6.25. The Balaban J connectivity index is 1.70. The second kappa shape index (κ2) is 7.93. The highest BCUT2D eigenvalue weighted by molar-refractivity contribution is 6.00. The van der Waals surface area contributed by atoms with Crippen LogP contribution in [0.5, 0.6) is 0 Å². The van der Waals surface area contributed by atoms with Crippen LogP contribution in [0, 0.1) is 5.41 Å². The van der Waals surface area contributed by atoms with E-state index < -0.39 is 12.6 Å². The first-order chi connectivity index (χ1) is 12.5. The summed E-state index contributed by atoms with van der Waals surface area (Å²) in [5, 5.41) is 16.5. The monoisotopic (exact) mass is 352 g/mol. The SMILES string of the molecule is N=C1CC(COCC(=O)O)N(C(=O)c2ccc(-c3ccccc3)cc2)C1. The fourth-order valence-electron chi connectivity index (χ4n) is 3.06. The van der Waals surface area contributed by atoms with E-state index in [9.17, 15) is 9.59 Å². The molecule has 1 unspecified atom stereocenters. The predicted molar refractivity (Wildman–Crippen MR) is 97.5 cm³/mol. The predicted octanol–water partition coefficient (Wildman–Crippen LogP) is 2.69. The summed E-state index contributed by atoms with van der Waals surface area (Å²) >= 11 is 0. The molecule has 26 heavy (non-hydrogen) atoms. The van der Waals surface area contributed by atoms with Crippen LogP contribution in [0.1, 0.15) is 16.8 Å². The number of likely N-dealkylation sites (tertiary alicyclic amines) is 1. The van der Waals surface area contributed by atoms with Gasteiger partial charge in [0.15, 0.2) is 0 Å². The van der Waals surface area contributed by atoms with E-state index in [0.29, 0.717) is 17.7 Å². The Morgan fingerprint density at radius 1 is 1.08 bits per heavy atom. The van der Waals surface area contributed by atoms with Crippen LogP contribution in [-0.4, -0.2) is 53.4 Å². The highest BCUT2D eigenvalue weighted by Crippen LogP contribution is 2.22. The zero-order valence-corrected chi connectivity index (χ0v) is 14.2. The zero-order chi connectivity index (χ0) is 18.5. The molecule has 0 radical (unpaired) electrons. The van der Waals surface area contributed by atoms with E-state index in [2.05, 4.69) is 0 Å². The van der Waals surface area contributed by atoms with E-state index in [4.69, 9.17) is 15.3 Å². The minimum atomic E-state index is -1.05. The highest BCUT2D eigenvalue weighted by atomic mass is 16.5. The average Bonchev–Trinajstić information content (AvgIpc) is 3.02. The molecule has 1 amide bonds. The molecule has 1 heterocycles. The zero-order valence-electron chi connectivity index (χ0n) is 14.2. The molecule has 134 valence electrons. The second-order valence-corrected chi connectivity index (χ2v) is 6.25. The van der Waals surface area contributed by atoms with Crippen LogP contribution in [0.2, 0.25) is 0 Å². The summed E-state index contributed by atoms with van der Waals surface area (Å²) in [5.41, 5.74) is 3.10. The number of hydrogen-bond donors (Lipinski definition) is 2. The van der Waals surface area contributed by atoms with Gasteiger partial charge in [-0.25, -0.2) is 4.79 Å². The Kier molecular flexibility index (Phi) is 5.43. The van der Waals surface area contributed by atoms with Gasteiger partial charge in [0.05, 0.1) is 19.2 Å². The Morgan fingerprint density at radius 2 is 1.73 bits per heavy atom. The summed E-state index contributed by atoms with van der Waals surface area (Å²) < 4.78 is 5.13. The molecule has 1 aliphatic heterocycles. The fourth-order valence-corrected chi connectivity index (χ4v) is 3.06. The van der Waals surface area contributed by atoms with Crippen molar-refractivity contribution in [2.45, 2.75) is 12.5 Å². The molecular formula is C20H20N2O4. The molecule has 0 spiro atoms. The minimum Gasteiger partial charge on any atom is -0.480 e. The van der Waals surface area contributed by atoms with Gasteiger partial charge in [-0.2, -0.15) is 0 Å². The van der Waals surface area contributed by atoms with Crippen molar-refractivity contribution in [3.8, 4) is 11.1 Å². The van der Waals surface area contributed by atoms with Crippen LogP contribution in [0.3, 0.4) is 0 Å². The molecule has 2 aromatic rings. The average molecular weight is 352 g/mol. The van der Waals surface area contributed by atoms with E-state index in [1.807, 2.05) is 42.5 Å². The molecule has 0 aromatic heterocycles. The molecular weight excluding hydrogens is 332 g/mol. The first-order valence-electron chi connectivity index (χ1n) is 8.37. The van der Waals surface area contributed by atoms with Gasteiger partial charge in [-0.05, 0) is 23.3 Å². The third-order valence-electron chi connectivity index (χ3n) is 4.32. The normalized spacial score (nSPS) is 16.7. The number of aliphatic carboxylic acids is 1. The number of nitrogens with zero attached hydrogens (tertiary/aromatic N) is 1. The van der Waals surface area contributed by atoms with Crippen LogP contribution in [0.4, 0.5) is 0 Å². The van der Waals surface area contributed by atoms with Crippen molar-refractivity contribution in [2.75, 3.05) is 19.8 Å². The topological polar surface area (TPSA) is 90.7 Å². The Labute approximate surface area is 151 Å². The lowest BCUT2D eigenvalue weighted by molar-refractivity contribution is -0.142. The molecule has 6 heteroatoms. The molecule has 2 N–H and O–H groups in total. The van der Waals surface area contributed by atoms with E-state index in [1.165, 1.54) is 0 Å². The Bertz CT molecular complexity index is 802.